The van der Waals surface area contributed by atoms with Gasteiger partial charge in [0.25, 0.3) is 10.1 Å². The quantitative estimate of drug-likeness (QED) is 0.111. The van der Waals surface area contributed by atoms with Crippen molar-refractivity contribution in [3.8, 4) is 0 Å². The van der Waals surface area contributed by atoms with Gasteiger partial charge in [0.05, 0.1) is 31.5 Å². The van der Waals surface area contributed by atoms with E-state index in [-0.39, 0.29) is 6.42 Å². The molecule has 0 aromatic rings. The Morgan fingerprint density at radius 3 is 1.97 bits per heavy atom. The molecule has 0 aromatic carbocycles. The van der Waals surface area contributed by atoms with Gasteiger partial charge in [-0.25, -0.2) is 0 Å². The van der Waals surface area contributed by atoms with E-state index >= 15 is 0 Å². The van der Waals surface area contributed by atoms with Crippen LogP contribution < -0.4 is 0 Å². The molecule has 0 bridgehead atoms. The largest absolute Gasteiger partial charge is 0.454 e. The average molecular weight is 491 g/mol. The van der Waals surface area contributed by atoms with Crippen LogP contribution in [-0.4, -0.2) is 55.8 Å². The maximum atomic E-state index is 12.3. The number of hydrogen-bond donors (Lipinski definition) is 2. The molecule has 33 heavy (non-hydrogen) atoms. The molecule has 1 rings (SSSR count). The van der Waals surface area contributed by atoms with Crippen LogP contribution in [-0.2, 0) is 23.8 Å². The average Bonchev–Trinajstić information content (AvgIpc) is 3.12. The highest BCUT2D eigenvalue weighted by Gasteiger charge is 2.50. The molecule has 0 saturated carbocycles. The third-order valence-corrected chi connectivity index (χ3v) is 6.88. The molecule has 0 aliphatic carbocycles. The number of aliphatic hydroxyl groups excluding tert-OH is 2. The van der Waals surface area contributed by atoms with Crippen LogP contribution >= 0.6 is 0 Å². The molecule has 0 aromatic heterocycles. The lowest BCUT2D eigenvalue weighted by Gasteiger charge is -2.23. The maximum absolute atomic E-state index is 12.3. The van der Waals surface area contributed by atoms with Crippen LogP contribution in [0, 0.1) is 5.92 Å². The van der Waals surface area contributed by atoms with Crippen molar-refractivity contribution in [2.24, 2.45) is 5.92 Å². The Morgan fingerprint density at radius 2 is 1.48 bits per heavy atom. The number of rotatable bonds is 20. The monoisotopic (exact) mass is 490 g/mol. The molecule has 0 amide bonds. The second kappa shape index (κ2) is 16.6. The Morgan fingerprint density at radius 1 is 0.970 bits per heavy atom. The number of carbonyl (C=O) groups is 1. The van der Waals surface area contributed by atoms with Gasteiger partial charge in [-0.2, -0.15) is 8.42 Å². The minimum absolute atomic E-state index is 0.0457. The van der Waals surface area contributed by atoms with E-state index in [1.165, 1.54) is 44.9 Å². The molecular formula is C25H46O7S. The normalized spacial score (nSPS) is 19.3. The van der Waals surface area contributed by atoms with Crippen LogP contribution in [0.2, 0.25) is 0 Å². The van der Waals surface area contributed by atoms with Crippen LogP contribution in [0.3, 0.4) is 0 Å². The first-order valence-corrected chi connectivity index (χ1v) is 14.6. The molecule has 1 fully saturated rings. The molecule has 7 nitrogen and oxygen atoms in total. The first-order chi connectivity index (χ1) is 15.8. The van der Waals surface area contributed by atoms with Crippen LogP contribution in [0.15, 0.2) is 12.2 Å². The van der Waals surface area contributed by atoms with E-state index in [0.29, 0.717) is 6.42 Å². The van der Waals surface area contributed by atoms with Gasteiger partial charge in [0, 0.05) is 6.42 Å². The number of hydrogen-bond acceptors (Lipinski definition) is 7. The van der Waals surface area contributed by atoms with Gasteiger partial charge in [0.15, 0.2) is 5.60 Å². The Bertz CT molecular complexity index is 656. The summed E-state index contributed by atoms with van der Waals surface area (Å²) in [4.78, 5) is 12.3. The van der Waals surface area contributed by atoms with Gasteiger partial charge in [-0.1, -0.05) is 76.9 Å². The van der Waals surface area contributed by atoms with E-state index in [9.17, 15) is 23.4 Å². The predicted molar refractivity (Wildman–Crippen MR) is 130 cm³/mol. The van der Waals surface area contributed by atoms with Crippen LogP contribution in [0.5, 0.6) is 0 Å². The highest BCUT2D eigenvalue weighted by atomic mass is 32.2. The minimum atomic E-state index is -3.75. The Hall–Kier alpha value is -0.960. The second-order valence-corrected chi connectivity index (χ2v) is 11.0. The van der Waals surface area contributed by atoms with E-state index in [1.54, 1.807) is 0 Å². The van der Waals surface area contributed by atoms with E-state index in [2.05, 4.69) is 19.1 Å². The molecule has 194 valence electrons. The zero-order valence-electron chi connectivity index (χ0n) is 20.7. The lowest BCUT2D eigenvalue weighted by molar-refractivity contribution is -0.158. The second-order valence-electron chi connectivity index (χ2n) is 9.44. The predicted octanol–water partition coefficient (Wildman–Crippen LogP) is 4.66. The van der Waals surface area contributed by atoms with E-state index in [4.69, 9.17) is 8.92 Å². The number of ether oxygens (including phenoxy) is 1. The fraction of sp³-hybridized carbons (Fsp3) is 0.880. The number of carbonyl (C=O) groups excluding carboxylic acids is 1. The maximum Gasteiger partial charge on any atom is 0.312 e. The van der Waals surface area contributed by atoms with E-state index < -0.39 is 46.9 Å². The van der Waals surface area contributed by atoms with Crippen molar-refractivity contribution in [2.75, 3.05) is 19.5 Å². The highest BCUT2D eigenvalue weighted by molar-refractivity contribution is 7.86. The lowest BCUT2D eigenvalue weighted by atomic mass is 9.89. The third kappa shape index (κ3) is 12.9. The molecule has 1 aliphatic heterocycles. The van der Waals surface area contributed by atoms with Crippen LogP contribution in [0.1, 0.15) is 103 Å². The Balaban J connectivity index is 2.24. The number of esters is 1. The summed E-state index contributed by atoms with van der Waals surface area (Å²) in [5.74, 6) is -1.43. The first kappa shape index (κ1) is 30.1. The van der Waals surface area contributed by atoms with Crippen molar-refractivity contribution in [3.63, 3.8) is 0 Å². The van der Waals surface area contributed by atoms with Crippen LogP contribution in [0.25, 0.3) is 0 Å². The number of cyclic esters (lactones) is 1. The molecule has 2 atom stereocenters. The highest BCUT2D eigenvalue weighted by Crippen LogP contribution is 2.36. The SMILES string of the molecule is CCCCCCCC/C=C/CCCCCCCC(OS(C)(=O)=O)C1CC(CO)(CO)OC1=O. The lowest BCUT2D eigenvalue weighted by Crippen LogP contribution is -2.37. The van der Waals surface area contributed by atoms with Gasteiger partial charge in [-0.15, -0.1) is 0 Å². The summed E-state index contributed by atoms with van der Waals surface area (Å²) in [6, 6.07) is 0. The summed E-state index contributed by atoms with van der Waals surface area (Å²) in [5.41, 5.74) is -1.36. The van der Waals surface area contributed by atoms with Crippen molar-refractivity contribution < 1.29 is 32.3 Å². The molecule has 8 heteroatoms. The fourth-order valence-electron chi connectivity index (χ4n) is 4.30. The van der Waals surface area contributed by atoms with Crippen molar-refractivity contribution in [1.29, 1.82) is 0 Å². The van der Waals surface area contributed by atoms with Crippen LogP contribution in [0.4, 0.5) is 0 Å². The first-order valence-electron chi connectivity index (χ1n) is 12.7. The zero-order valence-corrected chi connectivity index (χ0v) is 21.5. The summed E-state index contributed by atoms with van der Waals surface area (Å²) >= 11 is 0. The summed E-state index contributed by atoms with van der Waals surface area (Å²) in [7, 11) is -3.75. The van der Waals surface area contributed by atoms with Crippen molar-refractivity contribution in [3.05, 3.63) is 12.2 Å². The summed E-state index contributed by atoms with van der Waals surface area (Å²) in [6.45, 7) is 1.22. The minimum Gasteiger partial charge on any atom is -0.454 e. The van der Waals surface area contributed by atoms with Gasteiger partial charge in [0.1, 0.15) is 0 Å². The topological polar surface area (TPSA) is 110 Å². The molecule has 2 unspecified atom stereocenters. The van der Waals surface area contributed by atoms with E-state index in [0.717, 1.165) is 44.8 Å². The standard InChI is InChI=1S/C25H46O7S/c1-3-4-5-6-7-8-9-10-11-12-13-14-15-16-17-18-23(32-33(2,29)30)22-19-25(20-26,21-27)31-24(22)28/h10-11,22-23,26-27H,3-9,12-21H2,1-2H3/b11-10+. The molecule has 2 N–H and O–H groups in total. The Kier molecular flexibility index (Phi) is 15.2. The number of allylic oxidation sites excluding steroid dienone is 2. The van der Waals surface area contributed by atoms with Gasteiger partial charge in [0.2, 0.25) is 0 Å². The van der Waals surface area contributed by atoms with Gasteiger partial charge in [-0.05, 0) is 32.1 Å². The molecule has 1 aliphatic rings. The van der Waals surface area contributed by atoms with Gasteiger partial charge < -0.3 is 14.9 Å². The zero-order chi connectivity index (χ0) is 24.6. The summed E-state index contributed by atoms with van der Waals surface area (Å²) < 4.78 is 33.7. The van der Waals surface area contributed by atoms with Crippen molar-refractivity contribution >= 4 is 16.1 Å². The Labute approximate surface area is 201 Å². The molecule has 0 spiro atoms. The number of aliphatic hydroxyl groups is 2. The number of unbranched alkanes of at least 4 members (excludes halogenated alkanes) is 11. The summed E-state index contributed by atoms with van der Waals surface area (Å²) in [6.07, 6.45) is 20.4. The van der Waals surface area contributed by atoms with E-state index in [1.807, 2.05) is 0 Å². The van der Waals surface area contributed by atoms with Crippen molar-refractivity contribution in [1.82, 2.24) is 0 Å². The van der Waals surface area contributed by atoms with Gasteiger partial charge >= 0.3 is 5.97 Å². The molecule has 0 radical (unpaired) electrons. The molecular weight excluding hydrogens is 444 g/mol. The van der Waals surface area contributed by atoms with Crippen molar-refractivity contribution in [2.45, 2.75) is 115 Å². The molecule has 1 saturated heterocycles. The smallest absolute Gasteiger partial charge is 0.312 e. The van der Waals surface area contributed by atoms with Gasteiger partial charge in [-0.3, -0.25) is 8.98 Å². The third-order valence-electron chi connectivity index (χ3n) is 6.29. The summed E-state index contributed by atoms with van der Waals surface area (Å²) in [5, 5.41) is 19.0. The molecule has 1 heterocycles. The fourth-order valence-corrected chi connectivity index (χ4v) is 4.98.